The fraction of sp³-hybridized carbons (Fsp3) is 0.207. The Morgan fingerprint density at radius 1 is 1.05 bits per heavy atom. The quantitative estimate of drug-likeness (QED) is 0.250. The van der Waals surface area contributed by atoms with Gasteiger partial charge in [-0.25, -0.2) is 4.68 Å². The highest BCUT2D eigenvalue weighted by Crippen LogP contribution is 2.42. The maximum absolute atomic E-state index is 13.2. The molecule has 2 heterocycles. The molecule has 0 fully saturated rings. The fourth-order valence-corrected chi connectivity index (χ4v) is 5.03. The average Bonchev–Trinajstić information content (AvgIpc) is 3.39. The number of anilines is 1. The Morgan fingerprint density at radius 2 is 1.85 bits per heavy atom. The molecule has 6 rings (SSSR count). The number of hydrogen-bond donors (Lipinski definition) is 1. The van der Waals surface area contributed by atoms with Gasteiger partial charge in [-0.1, -0.05) is 36.4 Å². The number of nitrogens with zero attached hydrogens (tertiary/aromatic N) is 4. The standard InChI is InChI=1S/C29H25N5O5/c1-38-25-16-20(12-15-24(25)39-17-18-6-3-2-4-7-18)27-26-22(8-5-9-23(26)35)30-29-31-28(32-33(27)29)19-10-13-21(14-11-19)34(36)37/h2-4,6-7,10-16,27H,5,8-9,17H2,1H3,(H,30,31,32). The number of rotatable bonds is 7. The van der Waals surface area contributed by atoms with Crippen molar-refractivity contribution in [1.82, 2.24) is 14.8 Å². The summed E-state index contributed by atoms with van der Waals surface area (Å²) in [6.07, 6.45) is 1.95. The van der Waals surface area contributed by atoms with Gasteiger partial charge in [-0.2, -0.15) is 4.98 Å². The topological polar surface area (TPSA) is 121 Å². The van der Waals surface area contributed by atoms with E-state index in [1.54, 1.807) is 23.9 Å². The molecular formula is C29H25N5O5. The molecule has 0 radical (unpaired) electrons. The monoisotopic (exact) mass is 523 g/mol. The van der Waals surface area contributed by atoms with E-state index in [4.69, 9.17) is 14.6 Å². The maximum Gasteiger partial charge on any atom is 0.269 e. The molecule has 196 valence electrons. The summed E-state index contributed by atoms with van der Waals surface area (Å²) in [5.74, 6) is 2.11. The number of allylic oxidation sites excluding steroid dienone is 2. The van der Waals surface area contributed by atoms with Crippen LogP contribution in [0.25, 0.3) is 11.4 Å². The zero-order valence-corrected chi connectivity index (χ0v) is 21.2. The van der Waals surface area contributed by atoms with Gasteiger partial charge in [0.05, 0.1) is 12.0 Å². The first-order valence-electron chi connectivity index (χ1n) is 12.6. The van der Waals surface area contributed by atoms with Crippen LogP contribution in [0.3, 0.4) is 0 Å². The van der Waals surface area contributed by atoms with Crippen LogP contribution in [0, 0.1) is 10.1 Å². The number of nitro benzene ring substituents is 1. The van der Waals surface area contributed by atoms with Crippen LogP contribution < -0.4 is 14.8 Å². The van der Waals surface area contributed by atoms with Crippen molar-refractivity contribution in [3.05, 3.63) is 105 Å². The highest BCUT2D eigenvalue weighted by Gasteiger charge is 2.37. The molecule has 1 unspecified atom stereocenters. The molecule has 4 aromatic rings. The first-order valence-corrected chi connectivity index (χ1v) is 12.6. The normalized spacial score (nSPS) is 16.2. The van der Waals surface area contributed by atoms with Gasteiger partial charge in [0.2, 0.25) is 5.95 Å². The van der Waals surface area contributed by atoms with Gasteiger partial charge in [-0.05, 0) is 48.2 Å². The van der Waals surface area contributed by atoms with E-state index in [2.05, 4.69) is 10.3 Å². The zero-order valence-electron chi connectivity index (χ0n) is 21.2. The SMILES string of the molecule is COc1cc(C2C3=C(CCCC3=O)Nc3nc(-c4ccc([N+](=O)[O-])cc4)nn32)ccc1OCc1ccccc1. The van der Waals surface area contributed by atoms with E-state index in [9.17, 15) is 14.9 Å². The fourth-order valence-electron chi connectivity index (χ4n) is 5.03. The van der Waals surface area contributed by atoms with Crippen LogP contribution in [0.2, 0.25) is 0 Å². The van der Waals surface area contributed by atoms with Crippen molar-refractivity contribution in [2.75, 3.05) is 12.4 Å². The first-order chi connectivity index (χ1) is 19.0. The van der Waals surface area contributed by atoms with Gasteiger partial charge in [0.25, 0.3) is 5.69 Å². The minimum atomic E-state index is -0.513. The molecule has 0 saturated heterocycles. The van der Waals surface area contributed by atoms with Crippen molar-refractivity contribution < 1.29 is 19.2 Å². The number of nitrogens with one attached hydrogen (secondary N) is 1. The van der Waals surface area contributed by atoms with E-state index >= 15 is 0 Å². The maximum atomic E-state index is 13.2. The number of fused-ring (bicyclic) bond motifs is 1. The smallest absolute Gasteiger partial charge is 0.269 e. The van der Waals surface area contributed by atoms with Crippen molar-refractivity contribution in [2.24, 2.45) is 0 Å². The molecule has 1 aliphatic heterocycles. The van der Waals surface area contributed by atoms with Crippen LogP contribution in [0.4, 0.5) is 11.6 Å². The van der Waals surface area contributed by atoms with Crippen molar-refractivity contribution in [3.63, 3.8) is 0 Å². The lowest BCUT2D eigenvalue weighted by Crippen LogP contribution is -2.31. The minimum Gasteiger partial charge on any atom is -0.493 e. The van der Waals surface area contributed by atoms with Crippen LogP contribution in [0.15, 0.2) is 84.1 Å². The molecule has 10 heteroatoms. The molecule has 10 nitrogen and oxygen atoms in total. The summed E-state index contributed by atoms with van der Waals surface area (Å²) >= 11 is 0. The minimum absolute atomic E-state index is 0.0110. The number of methoxy groups -OCH3 is 1. The third kappa shape index (κ3) is 4.61. The number of ether oxygens (including phenoxy) is 2. The van der Waals surface area contributed by atoms with Crippen LogP contribution in [0.1, 0.15) is 36.4 Å². The highest BCUT2D eigenvalue weighted by molar-refractivity contribution is 5.99. The van der Waals surface area contributed by atoms with E-state index in [0.29, 0.717) is 47.4 Å². The molecule has 1 aliphatic carbocycles. The molecule has 1 aromatic heterocycles. The number of Topliss-reactive ketones (excluding diaryl/α,β-unsaturated/α-hetero) is 1. The number of carbonyl (C=O) groups is 1. The van der Waals surface area contributed by atoms with E-state index in [1.165, 1.54) is 12.1 Å². The zero-order chi connectivity index (χ0) is 26.9. The van der Waals surface area contributed by atoms with Crippen LogP contribution in [0.5, 0.6) is 11.5 Å². The van der Waals surface area contributed by atoms with Crippen LogP contribution in [-0.4, -0.2) is 32.6 Å². The van der Waals surface area contributed by atoms with E-state index in [1.807, 2.05) is 48.5 Å². The summed E-state index contributed by atoms with van der Waals surface area (Å²) < 4.78 is 13.4. The molecule has 1 atom stereocenters. The first kappa shape index (κ1) is 24.4. The second kappa shape index (κ2) is 10.1. The van der Waals surface area contributed by atoms with E-state index in [-0.39, 0.29) is 11.5 Å². The Hall–Kier alpha value is -4.99. The van der Waals surface area contributed by atoms with Gasteiger partial charge in [-0.3, -0.25) is 14.9 Å². The predicted octanol–water partition coefficient (Wildman–Crippen LogP) is 5.46. The van der Waals surface area contributed by atoms with Gasteiger partial charge >= 0.3 is 0 Å². The number of non-ortho nitro benzene ring substituents is 1. The number of aromatic nitrogens is 3. The summed E-state index contributed by atoms with van der Waals surface area (Å²) in [4.78, 5) is 28.5. The van der Waals surface area contributed by atoms with E-state index < -0.39 is 11.0 Å². The van der Waals surface area contributed by atoms with Gasteiger partial charge in [0, 0.05) is 35.4 Å². The lowest BCUT2D eigenvalue weighted by molar-refractivity contribution is -0.384. The highest BCUT2D eigenvalue weighted by atomic mass is 16.6. The summed E-state index contributed by atoms with van der Waals surface area (Å²) in [6.45, 7) is 0.392. The molecule has 1 N–H and O–H groups in total. The van der Waals surface area contributed by atoms with Crippen molar-refractivity contribution in [1.29, 1.82) is 0 Å². The number of hydrogen-bond acceptors (Lipinski definition) is 8. The van der Waals surface area contributed by atoms with Gasteiger partial charge in [0.15, 0.2) is 23.1 Å². The number of nitro groups is 1. The molecule has 0 spiro atoms. The third-order valence-electron chi connectivity index (χ3n) is 6.95. The van der Waals surface area contributed by atoms with Crippen LogP contribution in [-0.2, 0) is 11.4 Å². The summed E-state index contributed by atoms with van der Waals surface area (Å²) in [6, 6.07) is 21.1. The number of benzene rings is 3. The third-order valence-corrected chi connectivity index (χ3v) is 6.95. The second-order valence-corrected chi connectivity index (χ2v) is 9.39. The van der Waals surface area contributed by atoms with Crippen molar-refractivity contribution in [3.8, 4) is 22.9 Å². The van der Waals surface area contributed by atoms with Crippen molar-refractivity contribution >= 4 is 17.4 Å². The molecule has 3 aromatic carbocycles. The summed E-state index contributed by atoms with van der Waals surface area (Å²) in [5.41, 5.74) is 3.97. The van der Waals surface area contributed by atoms with Gasteiger partial charge in [0.1, 0.15) is 12.6 Å². The van der Waals surface area contributed by atoms with Crippen molar-refractivity contribution in [2.45, 2.75) is 31.9 Å². The molecule has 39 heavy (non-hydrogen) atoms. The predicted molar refractivity (Wildman–Crippen MR) is 144 cm³/mol. The molecule has 0 amide bonds. The second-order valence-electron chi connectivity index (χ2n) is 9.39. The Morgan fingerprint density at radius 3 is 2.59 bits per heavy atom. The van der Waals surface area contributed by atoms with E-state index in [0.717, 1.165) is 29.7 Å². The molecule has 2 aliphatic rings. The Kier molecular flexibility index (Phi) is 6.28. The van der Waals surface area contributed by atoms with Gasteiger partial charge in [-0.15, -0.1) is 5.10 Å². The number of carbonyl (C=O) groups excluding carboxylic acids is 1. The summed E-state index contributed by atoms with van der Waals surface area (Å²) in [5, 5.41) is 19.1. The van der Waals surface area contributed by atoms with Gasteiger partial charge < -0.3 is 14.8 Å². The number of ketones is 1. The Bertz CT molecular complexity index is 1590. The average molecular weight is 524 g/mol. The van der Waals surface area contributed by atoms with Crippen LogP contribution >= 0.6 is 0 Å². The molecule has 0 bridgehead atoms. The lowest BCUT2D eigenvalue weighted by Gasteiger charge is -2.32. The Balaban J connectivity index is 1.38. The molecular weight excluding hydrogens is 498 g/mol. The molecule has 0 saturated carbocycles. The Labute approximate surface area is 224 Å². The lowest BCUT2D eigenvalue weighted by atomic mass is 9.85. The largest absolute Gasteiger partial charge is 0.493 e. The summed E-state index contributed by atoms with van der Waals surface area (Å²) in [7, 11) is 1.58.